The topological polar surface area (TPSA) is 79.0 Å². The largest absolute Gasteiger partial charge is 0.385 e. The smallest absolute Gasteiger partial charge is 0.256 e. The molecule has 2 aliphatic heterocycles. The molecule has 2 aromatic carbocycles. The summed E-state index contributed by atoms with van der Waals surface area (Å²) in [5, 5.41) is 2.87. The number of benzene rings is 2. The zero-order chi connectivity index (χ0) is 21.8. The standard InChI is InChI=1S/C24H27N3O4/c1-31-15-5-13-25-22(28)18-11-9-17(10-12-18)16-27-20-7-3-2-6-19(20)23(29)26-14-4-8-21(26)24(27)30/h2-3,6-7,9-12,21H,4-5,8,13-16H2,1H3,(H,25,28)/t21-/m1/s1. The molecule has 0 spiro atoms. The van der Waals surface area contributed by atoms with Gasteiger partial charge < -0.3 is 19.9 Å². The molecule has 1 N–H and O–H groups in total. The molecule has 1 fully saturated rings. The van der Waals surface area contributed by atoms with Crippen molar-refractivity contribution in [3.8, 4) is 0 Å². The number of hydrogen-bond donors (Lipinski definition) is 1. The molecule has 0 aromatic heterocycles. The van der Waals surface area contributed by atoms with Crippen molar-refractivity contribution in [1.82, 2.24) is 10.2 Å². The van der Waals surface area contributed by atoms with Crippen LogP contribution in [-0.2, 0) is 16.1 Å². The Morgan fingerprint density at radius 1 is 1.13 bits per heavy atom. The molecule has 0 radical (unpaired) electrons. The minimum Gasteiger partial charge on any atom is -0.385 e. The third-order valence-electron chi connectivity index (χ3n) is 5.86. The average Bonchev–Trinajstić information content (AvgIpc) is 3.27. The van der Waals surface area contributed by atoms with E-state index in [-0.39, 0.29) is 17.7 Å². The Labute approximate surface area is 182 Å². The van der Waals surface area contributed by atoms with Crippen molar-refractivity contribution in [2.75, 3.05) is 31.7 Å². The van der Waals surface area contributed by atoms with E-state index in [4.69, 9.17) is 4.74 Å². The second-order valence-electron chi connectivity index (χ2n) is 7.90. The number of nitrogens with one attached hydrogen (secondary N) is 1. The molecule has 7 heteroatoms. The minimum absolute atomic E-state index is 0.0456. The Morgan fingerprint density at radius 2 is 1.90 bits per heavy atom. The molecular weight excluding hydrogens is 394 g/mol. The van der Waals surface area contributed by atoms with Crippen molar-refractivity contribution in [2.24, 2.45) is 0 Å². The lowest BCUT2D eigenvalue weighted by molar-refractivity contribution is -0.122. The van der Waals surface area contributed by atoms with Crippen LogP contribution in [0.25, 0.3) is 0 Å². The molecule has 4 rings (SSSR count). The lowest BCUT2D eigenvalue weighted by Crippen LogP contribution is -2.44. The van der Waals surface area contributed by atoms with Crippen LogP contribution in [0, 0.1) is 0 Å². The fraction of sp³-hybridized carbons (Fsp3) is 0.375. The van der Waals surface area contributed by atoms with E-state index < -0.39 is 6.04 Å². The Kier molecular flexibility index (Phi) is 6.32. The average molecular weight is 421 g/mol. The van der Waals surface area contributed by atoms with E-state index in [0.29, 0.717) is 49.5 Å². The van der Waals surface area contributed by atoms with Crippen molar-refractivity contribution in [3.63, 3.8) is 0 Å². The van der Waals surface area contributed by atoms with Crippen LogP contribution in [0.4, 0.5) is 5.69 Å². The van der Waals surface area contributed by atoms with Gasteiger partial charge in [-0.3, -0.25) is 14.4 Å². The Hall–Kier alpha value is -3.19. The number of para-hydroxylation sites is 1. The summed E-state index contributed by atoms with van der Waals surface area (Å²) in [6, 6.07) is 14.1. The van der Waals surface area contributed by atoms with E-state index in [0.717, 1.165) is 18.4 Å². The maximum Gasteiger partial charge on any atom is 0.256 e. The maximum atomic E-state index is 13.3. The predicted molar refractivity (Wildman–Crippen MR) is 117 cm³/mol. The molecule has 0 saturated carbocycles. The summed E-state index contributed by atoms with van der Waals surface area (Å²) in [5.74, 6) is -0.253. The lowest BCUT2D eigenvalue weighted by Gasteiger charge is -2.26. The predicted octanol–water partition coefficient (Wildman–Crippen LogP) is 2.60. The first-order chi connectivity index (χ1) is 15.1. The molecule has 2 aromatic rings. The molecule has 0 bridgehead atoms. The number of carbonyl (C=O) groups excluding carboxylic acids is 3. The summed E-state index contributed by atoms with van der Waals surface area (Å²) in [5.41, 5.74) is 2.68. The zero-order valence-electron chi connectivity index (χ0n) is 17.7. The van der Waals surface area contributed by atoms with Gasteiger partial charge in [-0.2, -0.15) is 0 Å². The summed E-state index contributed by atoms with van der Waals surface area (Å²) >= 11 is 0. The van der Waals surface area contributed by atoms with Crippen molar-refractivity contribution in [3.05, 3.63) is 65.2 Å². The van der Waals surface area contributed by atoms with Gasteiger partial charge in [-0.25, -0.2) is 0 Å². The second-order valence-corrected chi connectivity index (χ2v) is 7.90. The third-order valence-corrected chi connectivity index (χ3v) is 5.86. The molecular formula is C24H27N3O4. The summed E-state index contributed by atoms with van der Waals surface area (Å²) < 4.78 is 4.99. The number of rotatable bonds is 7. The molecule has 31 heavy (non-hydrogen) atoms. The van der Waals surface area contributed by atoms with Crippen molar-refractivity contribution in [1.29, 1.82) is 0 Å². The highest BCUT2D eigenvalue weighted by Gasteiger charge is 2.41. The van der Waals surface area contributed by atoms with Crippen LogP contribution in [0.2, 0.25) is 0 Å². The quantitative estimate of drug-likeness (QED) is 0.697. The number of hydrogen-bond acceptors (Lipinski definition) is 4. The third kappa shape index (κ3) is 4.32. The van der Waals surface area contributed by atoms with Crippen molar-refractivity contribution in [2.45, 2.75) is 31.8 Å². The second kappa shape index (κ2) is 9.31. The molecule has 2 aliphatic rings. The molecule has 0 aliphatic carbocycles. The van der Waals surface area contributed by atoms with Gasteiger partial charge >= 0.3 is 0 Å². The van der Waals surface area contributed by atoms with Gasteiger partial charge in [0, 0.05) is 32.4 Å². The lowest BCUT2D eigenvalue weighted by atomic mass is 10.1. The van der Waals surface area contributed by atoms with E-state index in [1.54, 1.807) is 35.1 Å². The number of methoxy groups -OCH3 is 1. The summed E-state index contributed by atoms with van der Waals surface area (Å²) in [6.07, 6.45) is 2.29. The number of fused-ring (bicyclic) bond motifs is 2. The van der Waals surface area contributed by atoms with Gasteiger partial charge in [-0.05, 0) is 49.1 Å². The van der Waals surface area contributed by atoms with E-state index in [1.165, 1.54) is 0 Å². The number of ether oxygens (including phenoxy) is 1. The first-order valence-electron chi connectivity index (χ1n) is 10.7. The van der Waals surface area contributed by atoms with Gasteiger partial charge in [0.2, 0.25) is 5.91 Å². The molecule has 3 amide bonds. The molecule has 1 saturated heterocycles. The van der Waals surface area contributed by atoms with E-state index in [1.807, 2.05) is 30.3 Å². The molecule has 1 atom stereocenters. The van der Waals surface area contributed by atoms with Crippen LogP contribution < -0.4 is 10.2 Å². The first kappa shape index (κ1) is 21.1. The maximum absolute atomic E-state index is 13.3. The molecule has 162 valence electrons. The molecule has 2 heterocycles. The highest BCUT2D eigenvalue weighted by Crippen LogP contribution is 2.33. The Balaban J connectivity index is 1.53. The SMILES string of the molecule is COCCCNC(=O)c1ccc(CN2C(=O)[C@H]3CCCN3C(=O)c3ccccc32)cc1. The highest BCUT2D eigenvalue weighted by molar-refractivity contribution is 6.11. The molecule has 0 unspecified atom stereocenters. The number of nitrogens with zero attached hydrogens (tertiary/aromatic N) is 2. The van der Waals surface area contributed by atoms with Gasteiger partial charge in [0.15, 0.2) is 0 Å². The summed E-state index contributed by atoms with van der Waals surface area (Å²) in [6.45, 7) is 2.12. The van der Waals surface area contributed by atoms with E-state index in [9.17, 15) is 14.4 Å². The van der Waals surface area contributed by atoms with E-state index in [2.05, 4.69) is 5.32 Å². The fourth-order valence-electron chi connectivity index (χ4n) is 4.24. The Bertz CT molecular complexity index is 973. The number of carbonyl (C=O) groups is 3. The van der Waals surface area contributed by atoms with Crippen molar-refractivity contribution >= 4 is 23.4 Å². The molecule has 7 nitrogen and oxygen atoms in total. The minimum atomic E-state index is -0.406. The van der Waals surface area contributed by atoms with Crippen LogP contribution in [0.5, 0.6) is 0 Å². The summed E-state index contributed by atoms with van der Waals surface area (Å²) in [4.78, 5) is 42.0. The van der Waals surface area contributed by atoms with Gasteiger partial charge in [0.1, 0.15) is 6.04 Å². The van der Waals surface area contributed by atoms with Gasteiger partial charge in [-0.15, -0.1) is 0 Å². The van der Waals surface area contributed by atoms with Gasteiger partial charge in [0.25, 0.3) is 11.8 Å². The van der Waals surface area contributed by atoms with Crippen molar-refractivity contribution < 1.29 is 19.1 Å². The first-order valence-corrected chi connectivity index (χ1v) is 10.7. The monoisotopic (exact) mass is 421 g/mol. The van der Waals surface area contributed by atoms with Crippen LogP contribution in [-0.4, -0.2) is 55.5 Å². The summed E-state index contributed by atoms with van der Waals surface area (Å²) in [7, 11) is 1.63. The fourth-order valence-corrected chi connectivity index (χ4v) is 4.24. The van der Waals surface area contributed by atoms with E-state index >= 15 is 0 Å². The van der Waals surface area contributed by atoms with Gasteiger partial charge in [0.05, 0.1) is 17.8 Å². The highest BCUT2D eigenvalue weighted by atomic mass is 16.5. The van der Waals surface area contributed by atoms with Crippen LogP contribution in [0.1, 0.15) is 45.5 Å². The Morgan fingerprint density at radius 3 is 2.68 bits per heavy atom. The van der Waals surface area contributed by atoms with Gasteiger partial charge in [-0.1, -0.05) is 24.3 Å². The number of anilines is 1. The van der Waals surface area contributed by atoms with Crippen LogP contribution in [0.15, 0.2) is 48.5 Å². The number of amides is 3. The zero-order valence-corrected chi connectivity index (χ0v) is 17.7. The normalized spacial score (nSPS) is 17.9. The van der Waals surface area contributed by atoms with Crippen LogP contribution >= 0.6 is 0 Å². The van der Waals surface area contributed by atoms with Crippen LogP contribution in [0.3, 0.4) is 0 Å².